The van der Waals surface area contributed by atoms with Crippen molar-refractivity contribution in [3.05, 3.63) is 23.8 Å². The zero-order valence-corrected chi connectivity index (χ0v) is 12.7. The molecule has 0 aliphatic rings. The van der Waals surface area contributed by atoms with E-state index in [1.165, 1.54) is 6.07 Å². The molecular weight excluding hydrogens is 299 g/mol. The van der Waals surface area contributed by atoms with Crippen LogP contribution in [0.15, 0.2) is 18.2 Å². The highest BCUT2D eigenvalue weighted by atomic mass is 19.4. The minimum absolute atomic E-state index is 0.00732. The van der Waals surface area contributed by atoms with Gasteiger partial charge in [-0.1, -0.05) is 0 Å². The topological polar surface area (TPSA) is 76.4 Å². The first-order chi connectivity index (χ1) is 9.99. The quantitative estimate of drug-likeness (QED) is 0.588. The lowest BCUT2D eigenvalue weighted by molar-refractivity contribution is -0.137. The molecule has 1 aromatic rings. The zero-order valence-electron chi connectivity index (χ0n) is 12.7. The fraction of sp³-hybridized carbons (Fsp3) is 0.500. The number of benzene rings is 1. The Morgan fingerprint density at radius 3 is 2.36 bits per heavy atom. The highest BCUT2D eigenvalue weighted by Gasteiger charge is 2.30. The molecule has 1 aromatic carbocycles. The number of carbonyl (C=O) groups excluding carboxylic acids is 1. The lowest BCUT2D eigenvalue weighted by Crippen LogP contribution is -2.35. The van der Waals surface area contributed by atoms with Crippen LogP contribution < -0.4 is 16.4 Å². The van der Waals surface area contributed by atoms with Crippen molar-refractivity contribution in [2.24, 2.45) is 0 Å². The van der Waals surface area contributed by atoms with Gasteiger partial charge in [0.15, 0.2) is 0 Å². The van der Waals surface area contributed by atoms with Crippen LogP contribution in [0.4, 0.5) is 29.3 Å². The van der Waals surface area contributed by atoms with Crippen molar-refractivity contribution in [2.45, 2.75) is 32.5 Å². The normalized spacial score (nSPS) is 11.9. The van der Waals surface area contributed by atoms with E-state index in [9.17, 15) is 18.0 Å². The predicted molar refractivity (Wildman–Crippen MR) is 78.6 cm³/mol. The summed E-state index contributed by atoms with van der Waals surface area (Å²) in [4.78, 5) is 11.4. The van der Waals surface area contributed by atoms with Gasteiger partial charge in [-0.2, -0.15) is 13.2 Å². The summed E-state index contributed by atoms with van der Waals surface area (Å²) in [5, 5.41) is 5.37. The third-order valence-corrected chi connectivity index (χ3v) is 2.49. The van der Waals surface area contributed by atoms with Gasteiger partial charge in [0.25, 0.3) is 0 Å². The molecular formula is C14H20F3N3O2. The van der Waals surface area contributed by atoms with E-state index in [0.717, 1.165) is 12.1 Å². The summed E-state index contributed by atoms with van der Waals surface area (Å²) in [6, 6.07) is 3.06. The lowest BCUT2D eigenvalue weighted by Gasteiger charge is -2.19. The predicted octanol–water partition coefficient (Wildman–Crippen LogP) is 3.22. The van der Waals surface area contributed by atoms with Crippen molar-refractivity contribution in [1.29, 1.82) is 0 Å². The number of nitrogen functional groups attached to an aromatic ring is 1. The molecule has 1 rings (SSSR count). The molecule has 8 heteroatoms. The first-order valence-corrected chi connectivity index (χ1v) is 6.66. The van der Waals surface area contributed by atoms with Crippen molar-refractivity contribution in [3.63, 3.8) is 0 Å². The van der Waals surface area contributed by atoms with Crippen LogP contribution in [0.2, 0.25) is 0 Å². The van der Waals surface area contributed by atoms with Crippen LogP contribution >= 0.6 is 0 Å². The van der Waals surface area contributed by atoms with Gasteiger partial charge in [0, 0.05) is 13.1 Å². The third kappa shape index (κ3) is 6.11. The molecule has 4 N–H and O–H groups in total. The van der Waals surface area contributed by atoms with E-state index >= 15 is 0 Å². The fourth-order valence-electron chi connectivity index (χ4n) is 1.58. The Morgan fingerprint density at radius 2 is 1.86 bits per heavy atom. The number of hydrogen-bond donors (Lipinski definition) is 3. The third-order valence-electron chi connectivity index (χ3n) is 2.49. The maximum absolute atomic E-state index is 12.5. The van der Waals surface area contributed by atoms with Crippen LogP contribution in [0, 0.1) is 0 Å². The first kappa shape index (κ1) is 17.9. The van der Waals surface area contributed by atoms with E-state index in [1.807, 2.05) is 0 Å². The molecule has 5 nitrogen and oxygen atoms in total. The van der Waals surface area contributed by atoms with Gasteiger partial charge in [0.05, 0.1) is 16.9 Å². The van der Waals surface area contributed by atoms with Crippen molar-refractivity contribution in [3.8, 4) is 0 Å². The number of anilines is 2. The summed E-state index contributed by atoms with van der Waals surface area (Å²) in [7, 11) is 0. The Bertz CT molecular complexity index is 525. The number of rotatable bonds is 4. The molecule has 0 fully saturated rings. The van der Waals surface area contributed by atoms with Gasteiger partial charge in [-0.15, -0.1) is 0 Å². The first-order valence-electron chi connectivity index (χ1n) is 6.66. The van der Waals surface area contributed by atoms with Gasteiger partial charge >= 0.3 is 12.3 Å². The Labute approximate surface area is 127 Å². The average Bonchev–Trinajstić information content (AvgIpc) is 2.32. The molecule has 22 heavy (non-hydrogen) atoms. The number of alkyl carbamates (subject to hydrolysis) is 1. The number of ether oxygens (including phenoxy) is 1. The maximum atomic E-state index is 12.5. The summed E-state index contributed by atoms with van der Waals surface area (Å²) < 4.78 is 42.5. The van der Waals surface area contributed by atoms with Gasteiger partial charge in [0.2, 0.25) is 0 Å². The second kappa shape index (κ2) is 6.76. The second-order valence-corrected chi connectivity index (χ2v) is 5.66. The smallest absolute Gasteiger partial charge is 0.416 e. The van der Waals surface area contributed by atoms with Crippen LogP contribution in [0.3, 0.4) is 0 Å². The SMILES string of the molecule is CC(C)(C)OC(=O)NCCNc1ccc(C(F)(F)F)cc1N. The highest BCUT2D eigenvalue weighted by Crippen LogP contribution is 2.32. The maximum Gasteiger partial charge on any atom is 0.416 e. The molecule has 0 radical (unpaired) electrons. The van der Waals surface area contributed by atoms with Crippen LogP contribution in [-0.2, 0) is 10.9 Å². The minimum atomic E-state index is -4.43. The number of nitrogens with two attached hydrogens (primary N) is 1. The number of amides is 1. The highest BCUT2D eigenvalue weighted by molar-refractivity contribution is 5.68. The Kier molecular flexibility index (Phi) is 5.51. The number of halogens is 3. The van der Waals surface area contributed by atoms with Crippen molar-refractivity contribution in [2.75, 3.05) is 24.1 Å². The van der Waals surface area contributed by atoms with E-state index in [2.05, 4.69) is 10.6 Å². The molecule has 0 aromatic heterocycles. The minimum Gasteiger partial charge on any atom is -0.444 e. The molecule has 0 heterocycles. The molecule has 0 saturated carbocycles. The van der Waals surface area contributed by atoms with Gasteiger partial charge < -0.3 is 21.1 Å². The standard InChI is InChI=1S/C14H20F3N3O2/c1-13(2,3)22-12(21)20-7-6-19-11-5-4-9(8-10(11)18)14(15,16)17/h4-5,8,19H,6-7,18H2,1-3H3,(H,20,21). The zero-order chi connectivity index (χ0) is 17.0. The van der Waals surface area contributed by atoms with E-state index in [-0.39, 0.29) is 12.2 Å². The monoisotopic (exact) mass is 319 g/mol. The molecule has 0 unspecified atom stereocenters. The number of alkyl halides is 3. The number of carbonyl (C=O) groups is 1. The Morgan fingerprint density at radius 1 is 1.23 bits per heavy atom. The van der Waals surface area contributed by atoms with Crippen LogP contribution in [0.25, 0.3) is 0 Å². The van der Waals surface area contributed by atoms with Crippen LogP contribution in [-0.4, -0.2) is 24.8 Å². The summed E-state index contributed by atoms with van der Waals surface area (Å²) in [6.07, 6.45) is -4.99. The summed E-state index contributed by atoms with van der Waals surface area (Å²) in [5.41, 5.74) is 4.54. The molecule has 0 saturated heterocycles. The van der Waals surface area contributed by atoms with E-state index < -0.39 is 23.4 Å². The van der Waals surface area contributed by atoms with Crippen LogP contribution in [0.1, 0.15) is 26.3 Å². The van der Waals surface area contributed by atoms with Crippen molar-refractivity contribution >= 4 is 17.5 Å². The van der Waals surface area contributed by atoms with Crippen molar-refractivity contribution in [1.82, 2.24) is 5.32 Å². The molecule has 0 bridgehead atoms. The van der Waals surface area contributed by atoms with Gasteiger partial charge in [-0.05, 0) is 39.0 Å². The van der Waals surface area contributed by atoms with E-state index in [4.69, 9.17) is 10.5 Å². The van der Waals surface area contributed by atoms with Crippen molar-refractivity contribution < 1.29 is 22.7 Å². The summed E-state index contributed by atoms with van der Waals surface area (Å²) in [6.45, 7) is 5.78. The molecule has 124 valence electrons. The molecule has 0 aliphatic heterocycles. The molecule has 0 spiro atoms. The van der Waals surface area contributed by atoms with E-state index in [1.54, 1.807) is 20.8 Å². The largest absolute Gasteiger partial charge is 0.444 e. The lowest BCUT2D eigenvalue weighted by atomic mass is 10.1. The van der Waals surface area contributed by atoms with Crippen LogP contribution in [0.5, 0.6) is 0 Å². The summed E-state index contributed by atoms with van der Waals surface area (Å²) in [5.74, 6) is 0. The summed E-state index contributed by atoms with van der Waals surface area (Å²) >= 11 is 0. The molecule has 1 amide bonds. The Balaban J connectivity index is 2.45. The Hall–Kier alpha value is -2.12. The fourth-order valence-corrected chi connectivity index (χ4v) is 1.58. The van der Waals surface area contributed by atoms with Gasteiger partial charge in [-0.25, -0.2) is 4.79 Å². The molecule has 0 aliphatic carbocycles. The van der Waals surface area contributed by atoms with Gasteiger partial charge in [-0.3, -0.25) is 0 Å². The molecule has 0 atom stereocenters. The number of hydrogen-bond acceptors (Lipinski definition) is 4. The van der Waals surface area contributed by atoms with Gasteiger partial charge in [0.1, 0.15) is 5.60 Å². The second-order valence-electron chi connectivity index (χ2n) is 5.66. The van der Waals surface area contributed by atoms with E-state index in [0.29, 0.717) is 12.2 Å². The average molecular weight is 319 g/mol. The number of nitrogens with one attached hydrogen (secondary N) is 2.